The number of aryl methyl sites for hydroxylation is 1. The fraction of sp³-hybridized carbons (Fsp3) is 0.417. The Morgan fingerprint density at radius 1 is 1.56 bits per heavy atom. The Morgan fingerprint density at radius 2 is 2.28 bits per heavy atom. The summed E-state index contributed by atoms with van der Waals surface area (Å²) in [6.07, 6.45) is 3.11. The van der Waals surface area contributed by atoms with Crippen LogP contribution in [0.4, 0.5) is 4.39 Å². The van der Waals surface area contributed by atoms with Crippen molar-refractivity contribution >= 4 is 50.9 Å². The maximum absolute atomic E-state index is 13.6. The molecule has 1 heterocycles. The summed E-state index contributed by atoms with van der Waals surface area (Å²) in [5.41, 5.74) is 1.69. The van der Waals surface area contributed by atoms with Crippen molar-refractivity contribution in [1.82, 2.24) is 9.55 Å². The molecule has 6 heteroatoms. The summed E-state index contributed by atoms with van der Waals surface area (Å²) in [5.74, 6) is -0.261. The zero-order valence-corrected chi connectivity index (χ0v) is 13.4. The molecule has 0 amide bonds. The van der Waals surface area contributed by atoms with Crippen molar-refractivity contribution in [3.05, 3.63) is 27.2 Å². The van der Waals surface area contributed by atoms with Crippen molar-refractivity contribution in [3.8, 4) is 0 Å². The van der Waals surface area contributed by atoms with Gasteiger partial charge in [-0.1, -0.05) is 6.92 Å². The van der Waals surface area contributed by atoms with E-state index in [1.807, 2.05) is 16.3 Å². The van der Waals surface area contributed by atoms with E-state index in [-0.39, 0.29) is 5.82 Å². The van der Waals surface area contributed by atoms with E-state index in [1.54, 1.807) is 6.07 Å². The lowest BCUT2D eigenvalue weighted by molar-refractivity contribution is 0.618. The minimum Gasteiger partial charge on any atom is -0.331 e. The van der Waals surface area contributed by atoms with Gasteiger partial charge in [0.25, 0.3) is 0 Å². The van der Waals surface area contributed by atoms with Crippen LogP contribution in [-0.2, 0) is 6.54 Å². The Labute approximate surface area is 123 Å². The molecule has 0 aliphatic rings. The highest BCUT2D eigenvalue weighted by molar-refractivity contribution is 9.10. The average molecular weight is 349 g/mol. The molecule has 1 atom stereocenters. The van der Waals surface area contributed by atoms with E-state index >= 15 is 0 Å². The van der Waals surface area contributed by atoms with E-state index in [9.17, 15) is 4.39 Å². The minimum atomic E-state index is -0.261. The van der Waals surface area contributed by atoms with E-state index in [0.717, 1.165) is 24.0 Å². The highest BCUT2D eigenvalue weighted by atomic mass is 79.9. The Balaban J connectivity index is 2.41. The number of aromatic amines is 1. The molecule has 18 heavy (non-hydrogen) atoms. The number of nitrogens with zero attached hydrogens (tertiary/aromatic N) is 1. The van der Waals surface area contributed by atoms with Crippen LogP contribution in [-0.4, -0.2) is 21.1 Å². The minimum absolute atomic E-state index is 0.261. The van der Waals surface area contributed by atoms with Gasteiger partial charge < -0.3 is 9.55 Å². The van der Waals surface area contributed by atoms with Gasteiger partial charge in [-0.2, -0.15) is 11.8 Å². The van der Waals surface area contributed by atoms with Crippen LogP contribution in [0.25, 0.3) is 11.0 Å². The van der Waals surface area contributed by atoms with Crippen molar-refractivity contribution in [2.24, 2.45) is 0 Å². The van der Waals surface area contributed by atoms with Gasteiger partial charge in [0.15, 0.2) is 4.77 Å². The van der Waals surface area contributed by atoms with Gasteiger partial charge in [-0.25, -0.2) is 4.39 Å². The van der Waals surface area contributed by atoms with Gasteiger partial charge in [0.2, 0.25) is 0 Å². The number of fused-ring (bicyclic) bond motifs is 1. The van der Waals surface area contributed by atoms with Crippen LogP contribution in [0.2, 0.25) is 0 Å². The van der Waals surface area contributed by atoms with Crippen molar-refractivity contribution in [2.75, 3.05) is 6.26 Å². The Morgan fingerprint density at radius 3 is 2.94 bits per heavy atom. The molecule has 2 rings (SSSR count). The fourth-order valence-electron chi connectivity index (χ4n) is 1.80. The maximum atomic E-state index is 13.6. The van der Waals surface area contributed by atoms with Gasteiger partial charge in [0.1, 0.15) is 5.82 Å². The molecule has 1 N–H and O–H groups in total. The molecule has 1 unspecified atom stereocenters. The summed E-state index contributed by atoms with van der Waals surface area (Å²) >= 11 is 10.3. The zero-order chi connectivity index (χ0) is 13.3. The number of thioether (sulfide) groups is 1. The Bertz CT molecular complexity index is 620. The lowest BCUT2D eigenvalue weighted by Gasteiger charge is -2.09. The first kappa shape index (κ1) is 14.1. The molecule has 1 aromatic heterocycles. The van der Waals surface area contributed by atoms with Crippen molar-refractivity contribution in [2.45, 2.75) is 25.1 Å². The summed E-state index contributed by atoms with van der Waals surface area (Å²) in [6.45, 7) is 2.99. The van der Waals surface area contributed by atoms with E-state index in [2.05, 4.69) is 34.1 Å². The molecular weight excluding hydrogens is 335 g/mol. The molecule has 0 fully saturated rings. The standard InChI is InChI=1S/C12H14BrFN2S2/c1-7(18-2)3-4-16-11-6-9(14)8(13)5-10(11)15-12(16)17/h5-7H,3-4H2,1-2H3,(H,15,17). The maximum Gasteiger partial charge on any atom is 0.178 e. The monoisotopic (exact) mass is 348 g/mol. The van der Waals surface area contributed by atoms with Crippen molar-refractivity contribution in [3.63, 3.8) is 0 Å². The number of benzene rings is 1. The highest BCUT2D eigenvalue weighted by Crippen LogP contribution is 2.24. The first-order valence-electron chi connectivity index (χ1n) is 5.63. The summed E-state index contributed by atoms with van der Waals surface area (Å²) in [6, 6.07) is 3.25. The summed E-state index contributed by atoms with van der Waals surface area (Å²) in [4.78, 5) is 3.11. The van der Waals surface area contributed by atoms with E-state index < -0.39 is 0 Å². The van der Waals surface area contributed by atoms with Crippen molar-refractivity contribution in [1.29, 1.82) is 0 Å². The predicted molar refractivity (Wildman–Crippen MR) is 82.4 cm³/mol. The van der Waals surface area contributed by atoms with Crippen LogP contribution >= 0.6 is 39.9 Å². The number of hydrogen-bond acceptors (Lipinski definition) is 2. The van der Waals surface area contributed by atoms with E-state index in [0.29, 0.717) is 14.5 Å². The van der Waals surface area contributed by atoms with Crippen LogP contribution in [0, 0.1) is 10.6 Å². The highest BCUT2D eigenvalue weighted by Gasteiger charge is 2.09. The van der Waals surface area contributed by atoms with E-state index in [4.69, 9.17) is 12.2 Å². The number of aromatic nitrogens is 2. The number of hydrogen-bond donors (Lipinski definition) is 1. The molecule has 0 saturated heterocycles. The molecule has 98 valence electrons. The lowest BCUT2D eigenvalue weighted by atomic mass is 10.3. The topological polar surface area (TPSA) is 20.7 Å². The van der Waals surface area contributed by atoms with Crippen molar-refractivity contribution < 1.29 is 4.39 Å². The van der Waals surface area contributed by atoms with Gasteiger partial charge in [-0.05, 0) is 46.9 Å². The van der Waals surface area contributed by atoms with Gasteiger partial charge in [-0.3, -0.25) is 0 Å². The number of nitrogens with one attached hydrogen (secondary N) is 1. The largest absolute Gasteiger partial charge is 0.331 e. The molecule has 0 radical (unpaired) electrons. The molecule has 0 aliphatic heterocycles. The molecule has 1 aromatic carbocycles. The smallest absolute Gasteiger partial charge is 0.178 e. The molecular formula is C12H14BrFN2S2. The second-order valence-corrected chi connectivity index (χ2v) is 6.72. The van der Waals surface area contributed by atoms with Crippen LogP contribution in [0.3, 0.4) is 0 Å². The molecule has 0 saturated carbocycles. The van der Waals surface area contributed by atoms with Crippen LogP contribution in [0.15, 0.2) is 16.6 Å². The lowest BCUT2D eigenvalue weighted by Crippen LogP contribution is -2.04. The summed E-state index contributed by atoms with van der Waals surface area (Å²) in [7, 11) is 0. The first-order valence-corrected chi connectivity index (χ1v) is 8.12. The van der Waals surface area contributed by atoms with Gasteiger partial charge >= 0.3 is 0 Å². The quantitative estimate of drug-likeness (QED) is 0.805. The van der Waals surface area contributed by atoms with E-state index in [1.165, 1.54) is 6.07 Å². The molecule has 2 nitrogen and oxygen atoms in total. The summed E-state index contributed by atoms with van der Waals surface area (Å²) in [5, 5.41) is 0.567. The third kappa shape index (κ3) is 2.81. The number of H-pyrrole nitrogens is 1. The van der Waals surface area contributed by atoms with Crippen LogP contribution < -0.4 is 0 Å². The molecule has 0 spiro atoms. The van der Waals surface area contributed by atoms with Crippen LogP contribution in [0.5, 0.6) is 0 Å². The number of imidazole rings is 1. The predicted octanol–water partition coefficient (Wildman–Crippen LogP) is 4.74. The average Bonchev–Trinajstić information content (AvgIpc) is 2.62. The van der Waals surface area contributed by atoms with Gasteiger partial charge in [-0.15, -0.1) is 0 Å². The third-order valence-corrected chi connectivity index (χ3v) is 4.95. The fourth-order valence-corrected chi connectivity index (χ4v) is 2.79. The first-order chi connectivity index (χ1) is 8.52. The normalized spacial score (nSPS) is 13.1. The number of rotatable bonds is 4. The summed E-state index contributed by atoms with van der Waals surface area (Å²) < 4.78 is 16.7. The number of halogens is 2. The molecule has 0 aliphatic carbocycles. The SMILES string of the molecule is CSC(C)CCn1c(=S)[nH]c2cc(Br)c(F)cc21. The van der Waals surface area contributed by atoms with Gasteiger partial charge in [0.05, 0.1) is 15.5 Å². The second-order valence-electron chi connectivity index (χ2n) is 4.20. The Kier molecular flexibility index (Phi) is 4.50. The third-order valence-electron chi connectivity index (χ3n) is 2.98. The molecule has 0 bridgehead atoms. The Hall–Kier alpha value is -0.330. The zero-order valence-electron chi connectivity index (χ0n) is 10.2. The second kappa shape index (κ2) is 5.75. The van der Waals surface area contributed by atoms with Gasteiger partial charge in [0, 0.05) is 17.9 Å². The molecule has 2 aromatic rings. The van der Waals surface area contributed by atoms with Crippen LogP contribution in [0.1, 0.15) is 13.3 Å².